The van der Waals surface area contributed by atoms with Gasteiger partial charge in [0.15, 0.2) is 0 Å². The zero-order valence-corrected chi connectivity index (χ0v) is 7.32. The van der Waals surface area contributed by atoms with Gasteiger partial charge in [-0.05, 0) is 0 Å². The predicted octanol–water partition coefficient (Wildman–Crippen LogP) is 0.723. The molecule has 1 unspecified atom stereocenters. The fourth-order valence-corrected chi connectivity index (χ4v) is 4.00. The van der Waals surface area contributed by atoms with Crippen LogP contribution in [0.4, 0.5) is 0 Å². The molecule has 0 aliphatic carbocycles. The van der Waals surface area contributed by atoms with Crippen LogP contribution in [0.1, 0.15) is 5.56 Å². The van der Waals surface area contributed by atoms with Gasteiger partial charge < -0.3 is 0 Å². The Morgan fingerprint density at radius 1 is 1.22 bits per heavy atom. The van der Waals surface area contributed by atoms with Crippen LogP contribution < -0.4 is 4.35 Å². The summed E-state index contributed by atoms with van der Waals surface area (Å²) in [5.74, 6) is 0. The number of hydrogen-bond donors (Lipinski definition) is 0. The van der Waals surface area contributed by atoms with Crippen LogP contribution in [0.15, 0.2) is 24.3 Å². The van der Waals surface area contributed by atoms with Crippen LogP contribution in [0.3, 0.4) is 0 Å². The summed E-state index contributed by atoms with van der Waals surface area (Å²) in [5.41, 5.74) is 1.62. The molecule has 1 aliphatic rings. The molecule has 2 rings (SSSR count). The van der Waals surface area contributed by atoms with Crippen molar-refractivity contribution in [2.24, 2.45) is 0 Å². The van der Waals surface area contributed by atoms with Crippen LogP contribution in [0.5, 0.6) is 0 Å². The Bertz CT molecular complexity index is 195. The van der Waals surface area contributed by atoms with E-state index >= 15 is 0 Å². The molecule has 0 bridgehead atoms. The van der Waals surface area contributed by atoms with Gasteiger partial charge in [0.1, 0.15) is 0 Å². The summed E-state index contributed by atoms with van der Waals surface area (Å²) < 4.78 is 1.69. The first-order valence-electron chi connectivity index (χ1n) is 3.28. The van der Waals surface area contributed by atoms with E-state index in [1.807, 2.05) is 0 Å². The Labute approximate surface area is 62.0 Å². The van der Waals surface area contributed by atoms with Crippen LogP contribution >= 0.6 is 0 Å². The Morgan fingerprint density at radius 3 is 3.00 bits per heavy atom. The monoisotopic (exact) mass is 180 g/mol. The van der Waals surface area contributed by atoms with Crippen molar-refractivity contribution in [2.45, 2.75) is 11.6 Å². The number of benzene rings is 1. The Morgan fingerprint density at radius 2 is 2.11 bits per heavy atom. The minimum atomic E-state index is 0.303. The summed E-state index contributed by atoms with van der Waals surface area (Å²) in [7, 11) is 0. The maximum absolute atomic E-state index is 2.29. The molecule has 1 aliphatic heterocycles. The molecule has 9 heavy (non-hydrogen) atoms. The van der Waals surface area contributed by atoms with Gasteiger partial charge in [-0.15, -0.1) is 0 Å². The van der Waals surface area contributed by atoms with Gasteiger partial charge in [-0.2, -0.15) is 0 Å². The number of hydrogen-bond acceptors (Lipinski definition) is 0. The second-order valence-electron chi connectivity index (χ2n) is 2.33. The molecule has 0 nitrogen and oxygen atoms in total. The van der Waals surface area contributed by atoms with E-state index in [0.29, 0.717) is 15.8 Å². The van der Waals surface area contributed by atoms with Crippen LogP contribution in [0.25, 0.3) is 0 Å². The third-order valence-electron chi connectivity index (χ3n) is 1.73. The second-order valence-corrected chi connectivity index (χ2v) is 5.25. The molecular formula is C8H9As. The number of aryl methyl sites for hydroxylation is 1. The average Bonchev–Trinajstić information content (AvgIpc) is 2.33. The molecule has 0 aromatic heterocycles. The summed E-state index contributed by atoms with van der Waals surface area (Å²) >= 11 is 0.303. The Hall–Kier alpha value is -0.222. The van der Waals surface area contributed by atoms with Gasteiger partial charge in [-0.25, -0.2) is 0 Å². The normalized spacial score (nSPS) is 18.2. The standard InChI is InChI=1S/C8H9As/c1-2-4-8-7(3-1)5-6-9-8/h1-4,9H,5-6H2. The van der Waals surface area contributed by atoms with Crippen LogP contribution in [0, 0.1) is 0 Å². The molecule has 1 heterocycles. The van der Waals surface area contributed by atoms with Crippen molar-refractivity contribution in [1.29, 1.82) is 0 Å². The third kappa shape index (κ3) is 0.923. The zero-order chi connectivity index (χ0) is 6.10. The number of fused-ring (bicyclic) bond motifs is 1. The summed E-state index contributed by atoms with van der Waals surface area (Å²) in [6, 6.07) is 8.87. The van der Waals surface area contributed by atoms with E-state index < -0.39 is 0 Å². The van der Waals surface area contributed by atoms with E-state index in [-0.39, 0.29) is 0 Å². The van der Waals surface area contributed by atoms with Gasteiger partial charge in [0.2, 0.25) is 0 Å². The van der Waals surface area contributed by atoms with Crippen LogP contribution in [-0.4, -0.2) is 15.8 Å². The van der Waals surface area contributed by atoms with E-state index in [1.165, 1.54) is 11.6 Å². The topological polar surface area (TPSA) is 0 Å². The van der Waals surface area contributed by atoms with Gasteiger partial charge in [0.25, 0.3) is 0 Å². The van der Waals surface area contributed by atoms with Gasteiger partial charge >= 0.3 is 61.6 Å². The molecule has 0 spiro atoms. The van der Waals surface area contributed by atoms with Crippen molar-refractivity contribution >= 4 is 20.1 Å². The van der Waals surface area contributed by atoms with Crippen molar-refractivity contribution in [3.8, 4) is 0 Å². The molecule has 0 saturated carbocycles. The SMILES string of the molecule is c1ccc2c(c1)CC[AsH]2. The number of rotatable bonds is 0. The van der Waals surface area contributed by atoms with E-state index in [1.54, 1.807) is 9.91 Å². The van der Waals surface area contributed by atoms with E-state index in [2.05, 4.69) is 24.3 Å². The second kappa shape index (κ2) is 2.19. The Balaban J connectivity index is 2.54. The molecule has 0 fully saturated rings. The molecule has 0 radical (unpaired) electrons. The van der Waals surface area contributed by atoms with Crippen molar-refractivity contribution in [3.63, 3.8) is 0 Å². The molecule has 1 heteroatoms. The fraction of sp³-hybridized carbons (Fsp3) is 0.250. The predicted molar refractivity (Wildman–Crippen MR) is 41.7 cm³/mol. The molecular weight excluding hydrogens is 171 g/mol. The molecule has 0 saturated heterocycles. The Kier molecular flexibility index (Phi) is 1.35. The third-order valence-corrected chi connectivity index (χ3v) is 4.60. The van der Waals surface area contributed by atoms with Crippen molar-refractivity contribution in [1.82, 2.24) is 0 Å². The van der Waals surface area contributed by atoms with Gasteiger partial charge in [-0.3, -0.25) is 0 Å². The molecule has 1 aromatic carbocycles. The quantitative estimate of drug-likeness (QED) is 0.516. The molecule has 46 valence electrons. The van der Waals surface area contributed by atoms with Gasteiger partial charge in [-0.1, -0.05) is 0 Å². The van der Waals surface area contributed by atoms with E-state index in [9.17, 15) is 0 Å². The van der Waals surface area contributed by atoms with Gasteiger partial charge in [0.05, 0.1) is 0 Å². The van der Waals surface area contributed by atoms with E-state index in [4.69, 9.17) is 0 Å². The summed E-state index contributed by atoms with van der Waals surface area (Å²) in [4.78, 5) is 0. The molecule has 0 amide bonds. The first kappa shape index (κ1) is 5.55. The molecule has 0 N–H and O–H groups in total. The molecule has 1 aromatic rings. The van der Waals surface area contributed by atoms with E-state index in [0.717, 1.165) is 0 Å². The minimum absolute atomic E-state index is 0.303. The van der Waals surface area contributed by atoms with Crippen molar-refractivity contribution in [3.05, 3.63) is 29.8 Å². The maximum atomic E-state index is 2.29. The van der Waals surface area contributed by atoms with Crippen LogP contribution in [0.2, 0.25) is 5.21 Å². The fourth-order valence-electron chi connectivity index (χ4n) is 1.24. The first-order chi connectivity index (χ1) is 4.47. The summed E-state index contributed by atoms with van der Waals surface area (Å²) in [5, 5.41) is 1.49. The van der Waals surface area contributed by atoms with Crippen molar-refractivity contribution < 1.29 is 0 Å². The summed E-state index contributed by atoms with van der Waals surface area (Å²) in [6.45, 7) is 0. The zero-order valence-electron chi connectivity index (χ0n) is 5.22. The average molecular weight is 180 g/mol. The first-order valence-corrected chi connectivity index (χ1v) is 5.82. The van der Waals surface area contributed by atoms with Gasteiger partial charge in [0, 0.05) is 0 Å². The van der Waals surface area contributed by atoms with Crippen molar-refractivity contribution in [2.75, 3.05) is 0 Å². The molecule has 1 atom stereocenters. The van der Waals surface area contributed by atoms with Crippen LogP contribution in [-0.2, 0) is 6.42 Å². The summed E-state index contributed by atoms with van der Waals surface area (Å²) in [6.07, 6.45) is 1.36.